The van der Waals surface area contributed by atoms with Crippen molar-refractivity contribution in [1.82, 2.24) is 15.1 Å². The minimum atomic E-state index is 0.458. The summed E-state index contributed by atoms with van der Waals surface area (Å²) in [7, 11) is 2.25. The van der Waals surface area contributed by atoms with Gasteiger partial charge in [0.25, 0.3) is 0 Å². The normalized spacial score (nSPS) is 29.9. The molecule has 116 valence electrons. The molecule has 0 unspecified atom stereocenters. The van der Waals surface area contributed by atoms with Gasteiger partial charge in [-0.15, -0.1) is 0 Å². The van der Waals surface area contributed by atoms with Crippen LogP contribution in [0.2, 0.25) is 0 Å². The summed E-state index contributed by atoms with van der Waals surface area (Å²) in [5.41, 5.74) is 0.458. The van der Waals surface area contributed by atoms with E-state index in [4.69, 9.17) is 4.74 Å². The van der Waals surface area contributed by atoms with Crippen LogP contribution in [0.4, 0.5) is 0 Å². The molecular weight excluding hydrogens is 250 g/mol. The summed E-state index contributed by atoms with van der Waals surface area (Å²) in [6.07, 6.45) is 8.01. The smallest absolute Gasteiger partial charge is 0.0480 e. The second-order valence-corrected chi connectivity index (χ2v) is 6.99. The summed E-state index contributed by atoms with van der Waals surface area (Å²) in [6, 6.07) is 0.689. The van der Waals surface area contributed by atoms with Crippen molar-refractivity contribution in [2.75, 3.05) is 53.0 Å². The molecule has 0 aromatic rings. The SMILES string of the molecule is CN1CCN(C2(CNC3CCOCC3)CCCC2)CC1. The minimum absolute atomic E-state index is 0.458. The van der Waals surface area contributed by atoms with E-state index in [1.165, 1.54) is 71.2 Å². The first-order valence-electron chi connectivity index (χ1n) is 8.53. The molecule has 0 radical (unpaired) electrons. The van der Waals surface area contributed by atoms with Gasteiger partial charge in [0.15, 0.2) is 0 Å². The molecule has 1 aliphatic carbocycles. The van der Waals surface area contributed by atoms with Crippen molar-refractivity contribution in [1.29, 1.82) is 0 Å². The highest BCUT2D eigenvalue weighted by Crippen LogP contribution is 2.35. The number of nitrogens with zero attached hydrogens (tertiary/aromatic N) is 2. The van der Waals surface area contributed by atoms with Crippen LogP contribution < -0.4 is 5.32 Å². The maximum atomic E-state index is 5.47. The van der Waals surface area contributed by atoms with Crippen molar-refractivity contribution < 1.29 is 4.74 Å². The lowest BCUT2D eigenvalue weighted by Gasteiger charge is -2.46. The number of likely N-dealkylation sites (N-methyl/N-ethyl adjacent to an activating group) is 1. The number of hydrogen-bond acceptors (Lipinski definition) is 4. The highest BCUT2D eigenvalue weighted by Gasteiger charge is 2.40. The van der Waals surface area contributed by atoms with Crippen LogP contribution in [0.5, 0.6) is 0 Å². The van der Waals surface area contributed by atoms with Gasteiger partial charge in [-0.25, -0.2) is 0 Å². The van der Waals surface area contributed by atoms with Crippen molar-refractivity contribution >= 4 is 0 Å². The number of piperazine rings is 1. The molecule has 0 bridgehead atoms. The molecule has 3 rings (SSSR count). The molecule has 3 aliphatic rings. The monoisotopic (exact) mass is 281 g/mol. The summed E-state index contributed by atoms with van der Waals surface area (Å²) >= 11 is 0. The zero-order chi connectivity index (χ0) is 13.8. The first kappa shape index (κ1) is 14.8. The molecule has 0 spiro atoms. The quantitative estimate of drug-likeness (QED) is 0.841. The number of hydrogen-bond donors (Lipinski definition) is 1. The van der Waals surface area contributed by atoms with E-state index in [-0.39, 0.29) is 0 Å². The Morgan fingerprint density at radius 1 is 1.05 bits per heavy atom. The fourth-order valence-corrected chi connectivity index (χ4v) is 4.15. The van der Waals surface area contributed by atoms with Gasteiger partial charge in [-0.3, -0.25) is 4.90 Å². The van der Waals surface area contributed by atoms with Crippen LogP contribution in [-0.2, 0) is 4.74 Å². The van der Waals surface area contributed by atoms with Gasteiger partial charge in [0, 0.05) is 57.5 Å². The molecule has 20 heavy (non-hydrogen) atoms. The van der Waals surface area contributed by atoms with Crippen LogP contribution in [0.15, 0.2) is 0 Å². The predicted octanol–water partition coefficient (Wildman–Crippen LogP) is 1.32. The van der Waals surface area contributed by atoms with Crippen molar-refractivity contribution in [3.05, 3.63) is 0 Å². The second kappa shape index (κ2) is 6.73. The maximum absolute atomic E-state index is 5.47. The first-order valence-corrected chi connectivity index (χ1v) is 8.53. The maximum Gasteiger partial charge on any atom is 0.0480 e. The Morgan fingerprint density at radius 2 is 1.70 bits per heavy atom. The van der Waals surface area contributed by atoms with Crippen molar-refractivity contribution in [3.8, 4) is 0 Å². The average molecular weight is 281 g/mol. The lowest BCUT2D eigenvalue weighted by Crippen LogP contribution is -2.60. The van der Waals surface area contributed by atoms with Gasteiger partial charge < -0.3 is 15.0 Å². The van der Waals surface area contributed by atoms with Crippen molar-refractivity contribution in [2.24, 2.45) is 0 Å². The second-order valence-electron chi connectivity index (χ2n) is 6.99. The largest absolute Gasteiger partial charge is 0.381 e. The molecule has 0 atom stereocenters. The van der Waals surface area contributed by atoms with Crippen LogP contribution >= 0.6 is 0 Å². The Labute approximate surface area is 123 Å². The Morgan fingerprint density at radius 3 is 2.35 bits per heavy atom. The summed E-state index contributed by atoms with van der Waals surface area (Å²) < 4.78 is 5.47. The standard InChI is InChI=1S/C16H31N3O/c1-18-8-10-19(11-9-18)16(6-2-3-7-16)14-17-15-4-12-20-13-5-15/h15,17H,2-14H2,1H3. The van der Waals surface area contributed by atoms with Crippen LogP contribution in [0.3, 0.4) is 0 Å². The van der Waals surface area contributed by atoms with Gasteiger partial charge in [-0.1, -0.05) is 12.8 Å². The van der Waals surface area contributed by atoms with Crippen molar-refractivity contribution in [2.45, 2.75) is 50.1 Å². The van der Waals surface area contributed by atoms with E-state index >= 15 is 0 Å². The first-order chi connectivity index (χ1) is 9.78. The zero-order valence-corrected chi connectivity index (χ0v) is 13.1. The van der Waals surface area contributed by atoms with E-state index in [9.17, 15) is 0 Å². The molecule has 1 N–H and O–H groups in total. The molecule has 4 heteroatoms. The van der Waals surface area contributed by atoms with E-state index in [2.05, 4.69) is 22.2 Å². The van der Waals surface area contributed by atoms with Crippen LogP contribution in [0.1, 0.15) is 38.5 Å². The summed E-state index contributed by atoms with van der Waals surface area (Å²) in [6.45, 7) is 8.07. The molecule has 4 nitrogen and oxygen atoms in total. The third-order valence-corrected chi connectivity index (χ3v) is 5.65. The van der Waals surface area contributed by atoms with Gasteiger partial charge >= 0.3 is 0 Å². The average Bonchev–Trinajstić information content (AvgIpc) is 2.97. The van der Waals surface area contributed by atoms with Crippen LogP contribution in [0, 0.1) is 0 Å². The Kier molecular flexibility index (Phi) is 4.97. The Bertz CT molecular complexity index is 290. The van der Waals surface area contributed by atoms with Gasteiger partial charge in [0.2, 0.25) is 0 Å². The van der Waals surface area contributed by atoms with Gasteiger partial charge in [0.1, 0.15) is 0 Å². The topological polar surface area (TPSA) is 27.7 Å². The van der Waals surface area contributed by atoms with Gasteiger partial charge in [-0.05, 0) is 32.7 Å². The zero-order valence-electron chi connectivity index (χ0n) is 13.1. The number of rotatable bonds is 4. The van der Waals surface area contributed by atoms with E-state index in [0.29, 0.717) is 11.6 Å². The number of ether oxygens (including phenoxy) is 1. The summed E-state index contributed by atoms with van der Waals surface area (Å²) in [5.74, 6) is 0. The molecule has 0 aromatic heterocycles. The highest BCUT2D eigenvalue weighted by atomic mass is 16.5. The fourth-order valence-electron chi connectivity index (χ4n) is 4.15. The van der Waals surface area contributed by atoms with Crippen LogP contribution in [0.25, 0.3) is 0 Å². The molecule has 2 saturated heterocycles. The summed E-state index contributed by atoms with van der Waals surface area (Å²) in [4.78, 5) is 5.26. The third-order valence-electron chi connectivity index (χ3n) is 5.65. The number of nitrogens with one attached hydrogen (secondary N) is 1. The molecular formula is C16H31N3O. The lowest BCUT2D eigenvalue weighted by molar-refractivity contribution is 0.0327. The van der Waals surface area contributed by atoms with Crippen LogP contribution in [-0.4, -0.2) is 74.4 Å². The van der Waals surface area contributed by atoms with E-state index in [1.807, 2.05) is 0 Å². The van der Waals surface area contributed by atoms with Gasteiger partial charge in [-0.2, -0.15) is 0 Å². The van der Waals surface area contributed by atoms with E-state index in [0.717, 1.165) is 13.2 Å². The lowest BCUT2D eigenvalue weighted by atomic mass is 9.93. The molecule has 0 amide bonds. The summed E-state index contributed by atoms with van der Waals surface area (Å²) in [5, 5.41) is 3.88. The molecule has 3 fully saturated rings. The Hall–Kier alpha value is -0.160. The highest BCUT2D eigenvalue weighted by molar-refractivity contribution is 4.98. The molecule has 1 saturated carbocycles. The third kappa shape index (κ3) is 3.35. The molecule has 0 aromatic carbocycles. The van der Waals surface area contributed by atoms with Gasteiger partial charge in [0.05, 0.1) is 0 Å². The van der Waals surface area contributed by atoms with E-state index < -0.39 is 0 Å². The minimum Gasteiger partial charge on any atom is -0.381 e. The molecule has 2 heterocycles. The fraction of sp³-hybridized carbons (Fsp3) is 1.00. The Balaban J connectivity index is 1.56. The van der Waals surface area contributed by atoms with Crippen molar-refractivity contribution in [3.63, 3.8) is 0 Å². The predicted molar refractivity (Wildman–Crippen MR) is 82.1 cm³/mol. The molecule has 2 aliphatic heterocycles. The van der Waals surface area contributed by atoms with E-state index in [1.54, 1.807) is 0 Å².